The summed E-state index contributed by atoms with van der Waals surface area (Å²) in [5.41, 5.74) is 3.99. The van der Waals surface area contributed by atoms with Crippen LogP contribution in [0.3, 0.4) is 0 Å². The Labute approximate surface area is 171 Å². The number of benzene rings is 2. The minimum Gasteiger partial charge on any atom is -0.508 e. The molecule has 1 atom stereocenters. The number of phenols is 1. The standard InChI is InChI=1S/C22H27N3O3S/c1-15-20(16(2)25(23-15)18-10-11-29(27,28)14-18)12-24(3)13-21-19-7-5-4-6-17(19)8-9-22(21)26/h4-9,18,26H,10-14H2,1-3H3/t18-/m0/s1. The van der Waals surface area contributed by atoms with Crippen LogP contribution >= 0.6 is 0 Å². The van der Waals surface area contributed by atoms with Gasteiger partial charge < -0.3 is 5.11 Å². The average molecular weight is 414 g/mol. The van der Waals surface area contributed by atoms with Crippen LogP contribution in [0.1, 0.15) is 35.0 Å². The molecular weight excluding hydrogens is 386 g/mol. The molecule has 0 bridgehead atoms. The Morgan fingerprint density at radius 2 is 1.86 bits per heavy atom. The molecule has 2 heterocycles. The fraction of sp³-hybridized carbons (Fsp3) is 0.409. The van der Waals surface area contributed by atoms with E-state index in [0.29, 0.717) is 25.3 Å². The van der Waals surface area contributed by atoms with Crippen molar-refractivity contribution >= 4 is 20.6 Å². The Morgan fingerprint density at radius 3 is 2.59 bits per heavy atom. The number of nitrogens with zero attached hydrogens (tertiary/aromatic N) is 3. The van der Waals surface area contributed by atoms with Gasteiger partial charge in [-0.25, -0.2) is 8.42 Å². The number of hydrogen-bond acceptors (Lipinski definition) is 5. The first-order valence-corrected chi connectivity index (χ1v) is 11.7. The van der Waals surface area contributed by atoms with E-state index < -0.39 is 9.84 Å². The number of hydrogen-bond donors (Lipinski definition) is 1. The van der Waals surface area contributed by atoms with Gasteiger partial charge in [-0.3, -0.25) is 9.58 Å². The molecular formula is C22H27N3O3S. The van der Waals surface area contributed by atoms with E-state index in [4.69, 9.17) is 0 Å². The van der Waals surface area contributed by atoms with Crippen molar-refractivity contribution in [2.24, 2.45) is 0 Å². The lowest BCUT2D eigenvalue weighted by molar-refractivity contribution is 0.312. The van der Waals surface area contributed by atoms with Crippen LogP contribution in [0.25, 0.3) is 10.8 Å². The molecule has 2 aromatic carbocycles. The molecule has 7 heteroatoms. The normalized spacial score (nSPS) is 18.7. The Bertz CT molecular complexity index is 1170. The number of fused-ring (bicyclic) bond motifs is 1. The summed E-state index contributed by atoms with van der Waals surface area (Å²) in [5, 5.41) is 17.3. The molecule has 0 spiro atoms. The summed E-state index contributed by atoms with van der Waals surface area (Å²) in [6.45, 7) is 5.28. The highest BCUT2D eigenvalue weighted by atomic mass is 32.2. The molecule has 29 heavy (non-hydrogen) atoms. The lowest BCUT2D eigenvalue weighted by atomic mass is 10.0. The van der Waals surface area contributed by atoms with Crippen molar-refractivity contribution in [3.63, 3.8) is 0 Å². The zero-order valence-corrected chi connectivity index (χ0v) is 17.9. The zero-order chi connectivity index (χ0) is 20.8. The van der Waals surface area contributed by atoms with Gasteiger partial charge in [0.2, 0.25) is 0 Å². The largest absolute Gasteiger partial charge is 0.508 e. The third-order valence-electron chi connectivity index (χ3n) is 5.90. The van der Waals surface area contributed by atoms with E-state index in [1.807, 2.05) is 55.9 Å². The summed E-state index contributed by atoms with van der Waals surface area (Å²) in [6, 6.07) is 11.7. The highest BCUT2D eigenvalue weighted by Crippen LogP contribution is 2.30. The van der Waals surface area contributed by atoms with E-state index in [0.717, 1.165) is 33.3 Å². The van der Waals surface area contributed by atoms with Crippen LogP contribution in [0, 0.1) is 13.8 Å². The van der Waals surface area contributed by atoms with Gasteiger partial charge in [-0.05, 0) is 44.2 Å². The average Bonchev–Trinajstić information content (AvgIpc) is 3.17. The summed E-state index contributed by atoms with van der Waals surface area (Å²) in [5.74, 6) is 0.718. The second-order valence-corrected chi connectivity index (χ2v) is 10.3. The van der Waals surface area contributed by atoms with Gasteiger partial charge in [0.15, 0.2) is 9.84 Å². The minimum atomic E-state index is -2.95. The van der Waals surface area contributed by atoms with Crippen LogP contribution in [0.2, 0.25) is 0 Å². The van der Waals surface area contributed by atoms with Gasteiger partial charge in [0.05, 0.1) is 23.2 Å². The van der Waals surface area contributed by atoms with E-state index in [2.05, 4.69) is 10.00 Å². The Balaban J connectivity index is 1.57. The minimum absolute atomic E-state index is 0.0696. The quantitative estimate of drug-likeness (QED) is 0.694. The molecule has 1 saturated heterocycles. The third-order valence-corrected chi connectivity index (χ3v) is 7.65. The van der Waals surface area contributed by atoms with Crippen molar-refractivity contribution in [3.05, 3.63) is 58.9 Å². The molecule has 0 radical (unpaired) electrons. The Hall–Kier alpha value is -2.38. The monoisotopic (exact) mass is 413 g/mol. The van der Waals surface area contributed by atoms with Crippen LogP contribution in [-0.2, 0) is 22.9 Å². The van der Waals surface area contributed by atoms with Crippen molar-refractivity contribution in [3.8, 4) is 5.75 Å². The number of rotatable bonds is 5. The highest BCUT2D eigenvalue weighted by Gasteiger charge is 2.31. The Morgan fingerprint density at radius 1 is 1.14 bits per heavy atom. The number of sulfone groups is 1. The van der Waals surface area contributed by atoms with Crippen LogP contribution in [0.15, 0.2) is 36.4 Å². The van der Waals surface area contributed by atoms with E-state index in [1.165, 1.54) is 0 Å². The van der Waals surface area contributed by atoms with E-state index >= 15 is 0 Å². The molecule has 1 aliphatic heterocycles. The van der Waals surface area contributed by atoms with Gasteiger partial charge in [0.25, 0.3) is 0 Å². The number of aromatic nitrogens is 2. The predicted molar refractivity (Wildman–Crippen MR) is 115 cm³/mol. The fourth-order valence-electron chi connectivity index (χ4n) is 4.34. The predicted octanol–water partition coefficient (Wildman–Crippen LogP) is 3.35. The molecule has 0 aliphatic carbocycles. The molecule has 1 fully saturated rings. The smallest absolute Gasteiger partial charge is 0.152 e. The fourth-order valence-corrected chi connectivity index (χ4v) is 6.03. The second kappa shape index (κ2) is 7.46. The van der Waals surface area contributed by atoms with Crippen molar-refractivity contribution in [1.82, 2.24) is 14.7 Å². The first kappa shape index (κ1) is 19.9. The molecule has 0 unspecified atom stereocenters. The molecule has 3 aromatic rings. The van der Waals surface area contributed by atoms with Crippen LogP contribution < -0.4 is 0 Å². The van der Waals surface area contributed by atoms with Crippen molar-refractivity contribution < 1.29 is 13.5 Å². The van der Waals surface area contributed by atoms with Gasteiger partial charge in [-0.2, -0.15) is 5.10 Å². The molecule has 1 N–H and O–H groups in total. The van der Waals surface area contributed by atoms with E-state index in [9.17, 15) is 13.5 Å². The van der Waals surface area contributed by atoms with Gasteiger partial charge in [0.1, 0.15) is 5.75 Å². The van der Waals surface area contributed by atoms with Crippen LogP contribution in [0.4, 0.5) is 0 Å². The van der Waals surface area contributed by atoms with Crippen LogP contribution in [0.5, 0.6) is 5.75 Å². The number of phenolic OH excluding ortho intramolecular Hbond substituents is 1. The maximum Gasteiger partial charge on any atom is 0.152 e. The molecule has 1 aromatic heterocycles. The molecule has 154 valence electrons. The third kappa shape index (κ3) is 3.89. The van der Waals surface area contributed by atoms with Gasteiger partial charge >= 0.3 is 0 Å². The lowest BCUT2D eigenvalue weighted by Crippen LogP contribution is -2.19. The second-order valence-electron chi connectivity index (χ2n) is 8.11. The van der Waals surface area contributed by atoms with Gasteiger partial charge in [-0.1, -0.05) is 30.3 Å². The number of aryl methyl sites for hydroxylation is 1. The summed E-state index contributed by atoms with van der Waals surface area (Å²) in [4.78, 5) is 2.16. The van der Waals surface area contributed by atoms with Gasteiger partial charge in [0, 0.05) is 29.9 Å². The molecule has 6 nitrogen and oxygen atoms in total. The topological polar surface area (TPSA) is 75.4 Å². The highest BCUT2D eigenvalue weighted by molar-refractivity contribution is 7.91. The summed E-state index contributed by atoms with van der Waals surface area (Å²) < 4.78 is 25.6. The van der Waals surface area contributed by atoms with Crippen LogP contribution in [-0.4, -0.2) is 46.8 Å². The summed E-state index contributed by atoms with van der Waals surface area (Å²) in [6.07, 6.45) is 0.628. The van der Waals surface area contributed by atoms with Gasteiger partial charge in [-0.15, -0.1) is 0 Å². The van der Waals surface area contributed by atoms with E-state index in [-0.39, 0.29) is 17.5 Å². The number of aromatic hydroxyl groups is 1. The van der Waals surface area contributed by atoms with E-state index in [1.54, 1.807) is 6.07 Å². The summed E-state index contributed by atoms with van der Waals surface area (Å²) in [7, 11) is -0.927. The SMILES string of the molecule is Cc1nn([C@H]2CCS(=O)(=O)C2)c(C)c1CN(C)Cc1c(O)ccc2ccccc12. The summed E-state index contributed by atoms with van der Waals surface area (Å²) >= 11 is 0. The van der Waals surface area contributed by atoms with Crippen molar-refractivity contribution in [1.29, 1.82) is 0 Å². The maximum atomic E-state index is 11.9. The molecule has 0 amide bonds. The maximum absolute atomic E-state index is 11.9. The van der Waals surface area contributed by atoms with Crippen molar-refractivity contribution in [2.75, 3.05) is 18.6 Å². The Kier molecular flexibility index (Phi) is 5.12. The molecule has 1 aliphatic rings. The molecule has 0 saturated carbocycles. The lowest BCUT2D eigenvalue weighted by Gasteiger charge is -2.19. The van der Waals surface area contributed by atoms with Crippen molar-refractivity contribution in [2.45, 2.75) is 39.4 Å². The first-order chi connectivity index (χ1) is 13.7. The molecule has 4 rings (SSSR count). The first-order valence-electron chi connectivity index (χ1n) is 9.88. The zero-order valence-electron chi connectivity index (χ0n) is 17.1.